The Morgan fingerprint density at radius 2 is 1.53 bits per heavy atom. The molecule has 3 aromatic rings. The summed E-state index contributed by atoms with van der Waals surface area (Å²) in [5.41, 5.74) is 5.91. The Kier molecular flexibility index (Phi) is 9.91. The lowest BCUT2D eigenvalue weighted by Gasteiger charge is -2.27. The number of rotatable bonds is 12. The summed E-state index contributed by atoms with van der Waals surface area (Å²) in [5.74, 6) is -1.32. The normalized spacial score (nSPS) is 17.8. The van der Waals surface area contributed by atoms with Gasteiger partial charge >= 0.3 is 5.97 Å². The highest BCUT2D eigenvalue weighted by atomic mass is 32.2. The molecule has 0 amide bonds. The number of carbonyl (C=O) groups is 1. The van der Waals surface area contributed by atoms with E-state index < -0.39 is 31.6 Å². The molecule has 0 unspecified atom stereocenters. The Labute approximate surface area is 287 Å². The fourth-order valence-electron chi connectivity index (χ4n) is 6.71. The Bertz CT molecular complexity index is 2130. The van der Waals surface area contributed by atoms with Crippen LogP contribution in [0.15, 0.2) is 108 Å². The van der Waals surface area contributed by atoms with Gasteiger partial charge < -0.3 is 10.0 Å². The van der Waals surface area contributed by atoms with Crippen molar-refractivity contribution in [3.05, 3.63) is 125 Å². The van der Waals surface area contributed by atoms with Crippen LogP contribution in [0.1, 0.15) is 67.6 Å². The summed E-state index contributed by atoms with van der Waals surface area (Å²) in [6.07, 6.45) is 10.5. The molecule has 12 heteroatoms. The molecule has 2 heterocycles. The van der Waals surface area contributed by atoms with Crippen molar-refractivity contribution in [2.45, 2.75) is 62.8 Å². The van der Waals surface area contributed by atoms with E-state index in [-0.39, 0.29) is 28.0 Å². The lowest BCUT2D eigenvalue weighted by molar-refractivity contribution is -0.455. The lowest BCUT2D eigenvalue weighted by Crippen LogP contribution is -2.27. The molecule has 0 atom stereocenters. The van der Waals surface area contributed by atoms with E-state index in [2.05, 4.69) is 36.6 Å². The van der Waals surface area contributed by atoms with Crippen LogP contribution >= 0.6 is 0 Å². The molecule has 49 heavy (non-hydrogen) atoms. The molecule has 2 aliphatic heterocycles. The molecule has 0 aromatic heterocycles. The first kappa shape index (κ1) is 35.9. The highest BCUT2D eigenvalue weighted by Crippen LogP contribution is 2.48. The molecule has 0 saturated carbocycles. The van der Waals surface area contributed by atoms with Crippen LogP contribution in [0.5, 0.6) is 0 Å². The number of aromatic carboxylic acids is 1. The van der Waals surface area contributed by atoms with Gasteiger partial charge in [-0.25, -0.2) is 4.79 Å². The van der Waals surface area contributed by atoms with Crippen LogP contribution in [0.3, 0.4) is 0 Å². The molecule has 0 bridgehead atoms. The monoisotopic (exact) mass is 705 g/mol. The molecular weight excluding hydrogens is 665 g/mol. The van der Waals surface area contributed by atoms with E-state index in [9.17, 15) is 35.8 Å². The molecule has 0 saturated heterocycles. The number of anilines is 1. The maximum Gasteiger partial charge on any atom is 0.335 e. The molecule has 3 N–H and O–H groups in total. The molecule has 3 aromatic carbocycles. The van der Waals surface area contributed by atoms with Crippen LogP contribution in [0, 0.1) is 0 Å². The van der Waals surface area contributed by atoms with E-state index in [1.807, 2.05) is 67.3 Å². The van der Waals surface area contributed by atoms with Gasteiger partial charge in [0.2, 0.25) is 5.69 Å². The molecule has 5 rings (SSSR count). The number of benzene rings is 3. The zero-order chi connectivity index (χ0) is 35.8. The number of para-hydroxylation sites is 1. The minimum absolute atomic E-state index is 0.204. The third kappa shape index (κ3) is 7.62. The Balaban J connectivity index is 1.46. The summed E-state index contributed by atoms with van der Waals surface area (Å²) in [5, 5.41) is 9.32. The molecule has 10 nitrogen and oxygen atoms in total. The highest BCUT2D eigenvalue weighted by molar-refractivity contribution is 7.86. The molecule has 258 valence electrons. The summed E-state index contributed by atoms with van der Waals surface area (Å²) >= 11 is 0. The van der Waals surface area contributed by atoms with E-state index in [1.165, 1.54) is 17.7 Å². The number of carboxylic acids is 1. The summed E-state index contributed by atoms with van der Waals surface area (Å²) < 4.78 is 67.6. The number of carboxylic acid groups (broad SMARTS) is 1. The molecule has 0 aliphatic carbocycles. The standard InChI is InChI=1S/C37H40N2O8S2/c1-36(2)29-12-8-9-13-31(29)39(25-26-16-18-27(19-17-26)35(40)41)34(36)15-7-5-6-14-33-37(3,4)30-24-28(49(45,46)47)20-21-32(30)38(33)22-10-11-23-48(42,43)44/h5-9,12-21,24H,10-11,22-23,25H2,1-4H3,(H2-,40,41,42,43,44,45,46,47)/p+1. The van der Waals surface area contributed by atoms with Crippen molar-refractivity contribution in [3.8, 4) is 0 Å². The summed E-state index contributed by atoms with van der Waals surface area (Å²) in [6.45, 7) is 9.25. The van der Waals surface area contributed by atoms with E-state index in [0.717, 1.165) is 28.3 Å². The topological polar surface area (TPSA) is 152 Å². The van der Waals surface area contributed by atoms with Crippen LogP contribution in [-0.2, 0) is 37.6 Å². The number of fused-ring (bicyclic) bond motifs is 2. The number of unbranched alkanes of at least 4 members (excludes halogenated alkanes) is 1. The van der Waals surface area contributed by atoms with Crippen LogP contribution in [0.25, 0.3) is 0 Å². The quantitative estimate of drug-likeness (QED) is 0.0812. The second-order valence-corrected chi connectivity index (χ2v) is 16.3. The molecular formula is C37H41N2O8S2+. The van der Waals surface area contributed by atoms with Gasteiger partial charge in [0.15, 0.2) is 12.3 Å². The number of nitrogens with zero attached hydrogens (tertiary/aromatic N) is 2. The average Bonchev–Trinajstić information content (AvgIpc) is 3.36. The van der Waals surface area contributed by atoms with Gasteiger partial charge in [-0.1, -0.05) is 62.4 Å². The fraction of sp³-hybridized carbons (Fsp3) is 0.297. The minimum Gasteiger partial charge on any atom is -0.478 e. The first-order valence-electron chi connectivity index (χ1n) is 15.9. The Morgan fingerprint density at radius 3 is 2.18 bits per heavy atom. The second kappa shape index (κ2) is 13.5. The summed E-state index contributed by atoms with van der Waals surface area (Å²) in [4.78, 5) is 13.2. The van der Waals surface area contributed by atoms with Crippen LogP contribution < -0.4 is 4.90 Å². The number of allylic oxidation sites excluding steroid dienone is 6. The van der Waals surface area contributed by atoms with Crippen molar-refractivity contribution < 1.29 is 40.4 Å². The van der Waals surface area contributed by atoms with Crippen LogP contribution in [0.4, 0.5) is 11.4 Å². The smallest absolute Gasteiger partial charge is 0.335 e. The lowest BCUT2D eigenvalue weighted by atomic mass is 9.81. The van der Waals surface area contributed by atoms with Crippen molar-refractivity contribution in [2.75, 3.05) is 17.2 Å². The van der Waals surface area contributed by atoms with Crippen molar-refractivity contribution in [3.63, 3.8) is 0 Å². The van der Waals surface area contributed by atoms with Gasteiger partial charge in [-0.3, -0.25) is 9.11 Å². The van der Waals surface area contributed by atoms with Gasteiger partial charge in [-0.05, 0) is 68.7 Å². The van der Waals surface area contributed by atoms with Crippen LogP contribution in [-0.4, -0.2) is 59.6 Å². The van der Waals surface area contributed by atoms with Gasteiger partial charge in [-0.15, -0.1) is 0 Å². The van der Waals surface area contributed by atoms with Gasteiger partial charge in [0, 0.05) is 46.6 Å². The molecule has 2 aliphatic rings. The van der Waals surface area contributed by atoms with Crippen molar-refractivity contribution in [1.29, 1.82) is 0 Å². The third-order valence-electron chi connectivity index (χ3n) is 9.27. The predicted octanol–water partition coefficient (Wildman–Crippen LogP) is 6.67. The first-order chi connectivity index (χ1) is 22.9. The first-order valence-corrected chi connectivity index (χ1v) is 18.9. The summed E-state index contributed by atoms with van der Waals surface area (Å²) in [7, 11) is -8.52. The third-order valence-corrected chi connectivity index (χ3v) is 10.9. The van der Waals surface area contributed by atoms with E-state index in [0.29, 0.717) is 25.1 Å². The Morgan fingerprint density at radius 1 is 0.837 bits per heavy atom. The van der Waals surface area contributed by atoms with Crippen LogP contribution in [0.2, 0.25) is 0 Å². The molecule has 0 spiro atoms. The largest absolute Gasteiger partial charge is 0.478 e. The second-order valence-electron chi connectivity index (χ2n) is 13.3. The van der Waals surface area contributed by atoms with Gasteiger partial charge in [0.25, 0.3) is 20.2 Å². The number of hydrogen-bond donors (Lipinski definition) is 3. The van der Waals surface area contributed by atoms with Gasteiger partial charge in [-0.2, -0.15) is 21.4 Å². The Hall–Kier alpha value is -4.36. The minimum atomic E-state index is -4.42. The maximum atomic E-state index is 11.9. The van der Waals surface area contributed by atoms with Crippen molar-refractivity contribution in [2.24, 2.45) is 0 Å². The van der Waals surface area contributed by atoms with E-state index >= 15 is 0 Å². The predicted molar refractivity (Wildman–Crippen MR) is 190 cm³/mol. The van der Waals surface area contributed by atoms with Gasteiger partial charge in [0.1, 0.15) is 0 Å². The van der Waals surface area contributed by atoms with Crippen molar-refractivity contribution in [1.82, 2.24) is 0 Å². The fourth-order valence-corrected chi connectivity index (χ4v) is 7.79. The zero-order valence-corrected chi connectivity index (χ0v) is 29.5. The molecule has 0 radical (unpaired) electrons. The zero-order valence-electron chi connectivity index (χ0n) is 27.9. The SMILES string of the molecule is CC1(C)C(/C=C/C=C/C=C2/N(CCCCS(=O)(=O)O)c3ccc(S(=O)(=O)O)cc3C2(C)C)=[N+](Cc2ccc(C(=O)O)cc2)c2ccccc21. The van der Waals surface area contributed by atoms with E-state index in [4.69, 9.17) is 0 Å². The maximum absolute atomic E-state index is 11.9. The van der Waals surface area contributed by atoms with E-state index in [1.54, 1.807) is 18.2 Å². The van der Waals surface area contributed by atoms with Gasteiger partial charge in [0.05, 0.1) is 21.6 Å². The molecule has 0 fully saturated rings. The highest BCUT2D eigenvalue weighted by Gasteiger charge is 2.44. The van der Waals surface area contributed by atoms with Crippen molar-refractivity contribution >= 4 is 43.3 Å². The number of hydrogen-bond acceptors (Lipinski definition) is 6. The average molecular weight is 706 g/mol. The summed E-state index contributed by atoms with van der Waals surface area (Å²) in [6, 6.07) is 19.6.